The van der Waals surface area contributed by atoms with Gasteiger partial charge in [-0.15, -0.1) is 0 Å². The number of hydrogen-bond acceptors (Lipinski definition) is 6. The van der Waals surface area contributed by atoms with Crippen molar-refractivity contribution >= 4 is 11.6 Å². The number of benzene rings is 1. The third-order valence-corrected chi connectivity index (χ3v) is 4.79. The van der Waals surface area contributed by atoms with Crippen LogP contribution in [0.2, 0.25) is 5.02 Å². The Bertz CT molecular complexity index is 865. The van der Waals surface area contributed by atoms with E-state index in [1.807, 2.05) is 48.8 Å². The number of halogens is 1. The smallest absolute Gasteiger partial charge is 0.241 e. The average Bonchev–Trinajstić information content (AvgIpc) is 3.35. The number of rotatable bonds is 7. The van der Waals surface area contributed by atoms with Crippen LogP contribution in [0.5, 0.6) is 0 Å². The molecule has 1 aromatic carbocycles. The maximum atomic E-state index is 6.06. The minimum absolute atomic E-state index is 0.252. The summed E-state index contributed by atoms with van der Waals surface area (Å²) in [6.45, 7) is 3.01. The highest BCUT2D eigenvalue weighted by Crippen LogP contribution is 2.21. The van der Waals surface area contributed by atoms with Gasteiger partial charge in [-0.1, -0.05) is 28.9 Å². The van der Waals surface area contributed by atoms with Crippen molar-refractivity contribution in [2.24, 2.45) is 0 Å². The van der Waals surface area contributed by atoms with E-state index in [0.717, 1.165) is 38.1 Å². The van der Waals surface area contributed by atoms with Gasteiger partial charge in [-0.25, -0.2) is 0 Å². The summed E-state index contributed by atoms with van der Waals surface area (Å²) in [4.78, 5) is 10.9. The standard InChI is InChI=1S/C20H21ClN4O2/c21-17-4-1-3-16(11-17)20-23-19(27-24-20)14-25(13-18-5-2-10-26-18)12-15-6-8-22-9-7-15/h1,3-4,6-9,11,18H,2,5,10,12-14H2. The van der Waals surface area contributed by atoms with Crippen LogP contribution in [0.15, 0.2) is 53.3 Å². The lowest BCUT2D eigenvalue weighted by atomic mass is 10.2. The third kappa shape index (κ3) is 4.91. The zero-order valence-corrected chi connectivity index (χ0v) is 15.7. The highest BCUT2D eigenvalue weighted by Gasteiger charge is 2.21. The molecule has 1 saturated heterocycles. The van der Waals surface area contributed by atoms with E-state index in [2.05, 4.69) is 20.0 Å². The predicted octanol–water partition coefficient (Wildman–Crippen LogP) is 3.97. The fourth-order valence-corrected chi connectivity index (χ4v) is 3.45. The fraction of sp³-hybridized carbons (Fsp3) is 0.350. The Morgan fingerprint density at radius 1 is 1.15 bits per heavy atom. The molecule has 0 radical (unpaired) electrons. The van der Waals surface area contributed by atoms with Crippen molar-refractivity contribution in [2.75, 3.05) is 13.2 Å². The minimum Gasteiger partial charge on any atom is -0.377 e. The fourth-order valence-electron chi connectivity index (χ4n) is 3.26. The SMILES string of the molecule is Clc1cccc(-c2noc(CN(Cc3ccncc3)CC3CCCO3)n2)c1. The summed E-state index contributed by atoms with van der Waals surface area (Å²) in [6, 6.07) is 11.5. The molecule has 1 aliphatic heterocycles. The van der Waals surface area contributed by atoms with Crippen molar-refractivity contribution < 1.29 is 9.26 Å². The van der Waals surface area contributed by atoms with Crippen molar-refractivity contribution in [3.8, 4) is 11.4 Å². The van der Waals surface area contributed by atoms with Gasteiger partial charge in [-0.2, -0.15) is 4.98 Å². The van der Waals surface area contributed by atoms with Crippen molar-refractivity contribution in [1.82, 2.24) is 20.0 Å². The summed E-state index contributed by atoms with van der Waals surface area (Å²) in [5, 5.41) is 4.76. The third-order valence-electron chi connectivity index (χ3n) is 4.55. The first-order chi connectivity index (χ1) is 13.3. The van der Waals surface area contributed by atoms with Gasteiger partial charge in [-0.05, 0) is 42.7 Å². The van der Waals surface area contributed by atoms with E-state index < -0.39 is 0 Å². The largest absolute Gasteiger partial charge is 0.377 e. The van der Waals surface area contributed by atoms with E-state index in [4.69, 9.17) is 20.9 Å². The molecule has 1 fully saturated rings. The lowest BCUT2D eigenvalue weighted by molar-refractivity contribution is 0.0640. The Morgan fingerprint density at radius 2 is 2.04 bits per heavy atom. The zero-order valence-electron chi connectivity index (χ0n) is 14.9. The van der Waals surface area contributed by atoms with Crippen molar-refractivity contribution in [1.29, 1.82) is 0 Å². The summed E-state index contributed by atoms with van der Waals surface area (Å²) < 4.78 is 11.3. The monoisotopic (exact) mass is 384 g/mol. The quantitative estimate of drug-likeness (QED) is 0.614. The molecule has 0 N–H and O–H groups in total. The molecule has 0 amide bonds. The first-order valence-corrected chi connectivity index (χ1v) is 9.45. The maximum Gasteiger partial charge on any atom is 0.241 e. The van der Waals surface area contributed by atoms with Gasteiger partial charge in [0.1, 0.15) is 0 Å². The molecule has 7 heteroatoms. The first kappa shape index (κ1) is 18.1. The lowest BCUT2D eigenvalue weighted by Gasteiger charge is -2.23. The summed E-state index contributed by atoms with van der Waals surface area (Å²) >= 11 is 6.06. The average molecular weight is 385 g/mol. The highest BCUT2D eigenvalue weighted by molar-refractivity contribution is 6.30. The molecule has 140 valence electrons. The van der Waals surface area contributed by atoms with Crippen LogP contribution in [0.1, 0.15) is 24.3 Å². The van der Waals surface area contributed by atoms with Gasteiger partial charge in [0.2, 0.25) is 11.7 Å². The van der Waals surface area contributed by atoms with Gasteiger partial charge in [0.15, 0.2) is 0 Å². The summed E-state index contributed by atoms with van der Waals surface area (Å²) in [7, 11) is 0. The van der Waals surface area contributed by atoms with E-state index >= 15 is 0 Å². The second kappa shape index (κ2) is 8.61. The van der Waals surface area contributed by atoms with Crippen LogP contribution < -0.4 is 0 Å². The Hall–Kier alpha value is -2.28. The molecule has 2 aromatic heterocycles. The van der Waals surface area contributed by atoms with Crippen molar-refractivity contribution in [3.63, 3.8) is 0 Å². The second-order valence-electron chi connectivity index (χ2n) is 6.68. The number of aromatic nitrogens is 3. The van der Waals surface area contributed by atoms with Gasteiger partial charge in [0.05, 0.1) is 12.6 Å². The molecule has 4 rings (SSSR count). The van der Waals surface area contributed by atoms with Crippen LogP contribution >= 0.6 is 11.6 Å². The van der Waals surface area contributed by atoms with Gasteiger partial charge in [0, 0.05) is 42.7 Å². The van der Waals surface area contributed by atoms with Gasteiger partial charge >= 0.3 is 0 Å². The van der Waals surface area contributed by atoms with Gasteiger partial charge < -0.3 is 9.26 Å². The molecular weight excluding hydrogens is 364 g/mol. The molecule has 1 aliphatic rings. The molecule has 1 unspecified atom stereocenters. The van der Waals surface area contributed by atoms with Gasteiger partial charge in [0.25, 0.3) is 0 Å². The molecule has 6 nitrogen and oxygen atoms in total. The number of hydrogen-bond donors (Lipinski definition) is 0. The molecule has 0 saturated carbocycles. The number of nitrogens with zero attached hydrogens (tertiary/aromatic N) is 4. The van der Waals surface area contributed by atoms with Crippen LogP contribution in [-0.2, 0) is 17.8 Å². The van der Waals surface area contributed by atoms with E-state index in [0.29, 0.717) is 23.3 Å². The molecule has 0 aliphatic carbocycles. The lowest BCUT2D eigenvalue weighted by Crippen LogP contribution is -2.31. The Kier molecular flexibility index (Phi) is 5.77. The highest BCUT2D eigenvalue weighted by atomic mass is 35.5. The number of pyridine rings is 1. The second-order valence-corrected chi connectivity index (χ2v) is 7.12. The Morgan fingerprint density at radius 3 is 2.81 bits per heavy atom. The number of ether oxygens (including phenoxy) is 1. The van der Waals surface area contributed by atoms with Crippen LogP contribution in [0.25, 0.3) is 11.4 Å². The Balaban J connectivity index is 1.48. The minimum atomic E-state index is 0.252. The summed E-state index contributed by atoms with van der Waals surface area (Å²) in [5.41, 5.74) is 2.04. The molecule has 3 heterocycles. The first-order valence-electron chi connectivity index (χ1n) is 9.07. The topological polar surface area (TPSA) is 64.3 Å². The molecular formula is C20H21ClN4O2. The normalized spacial score (nSPS) is 16.9. The van der Waals surface area contributed by atoms with E-state index in [1.165, 1.54) is 5.56 Å². The van der Waals surface area contributed by atoms with E-state index in [-0.39, 0.29) is 6.10 Å². The van der Waals surface area contributed by atoms with Crippen molar-refractivity contribution in [3.05, 3.63) is 65.3 Å². The van der Waals surface area contributed by atoms with Crippen LogP contribution in [0.4, 0.5) is 0 Å². The molecule has 27 heavy (non-hydrogen) atoms. The summed E-state index contributed by atoms with van der Waals surface area (Å²) in [5.74, 6) is 1.13. The van der Waals surface area contributed by atoms with E-state index in [9.17, 15) is 0 Å². The molecule has 3 aromatic rings. The predicted molar refractivity (Wildman–Crippen MR) is 102 cm³/mol. The molecule has 0 bridgehead atoms. The molecule has 0 spiro atoms. The van der Waals surface area contributed by atoms with Crippen LogP contribution in [-0.4, -0.2) is 39.3 Å². The Labute approximate surface area is 163 Å². The summed E-state index contributed by atoms with van der Waals surface area (Å²) in [6.07, 6.45) is 6.08. The maximum absolute atomic E-state index is 6.06. The zero-order chi connectivity index (χ0) is 18.5. The van der Waals surface area contributed by atoms with Crippen LogP contribution in [0, 0.1) is 0 Å². The van der Waals surface area contributed by atoms with Crippen LogP contribution in [0.3, 0.4) is 0 Å². The van der Waals surface area contributed by atoms with Crippen molar-refractivity contribution in [2.45, 2.75) is 32.0 Å². The van der Waals surface area contributed by atoms with E-state index in [1.54, 1.807) is 0 Å². The molecule has 1 atom stereocenters. The van der Waals surface area contributed by atoms with Gasteiger partial charge in [-0.3, -0.25) is 9.88 Å².